The maximum Gasteiger partial charge on any atom is 0.242 e. The van der Waals surface area contributed by atoms with Gasteiger partial charge >= 0.3 is 0 Å². The van der Waals surface area contributed by atoms with E-state index in [-0.39, 0.29) is 31.9 Å². The first-order valence-electron chi connectivity index (χ1n) is 18.4. The average molecular weight is 882 g/mol. The van der Waals surface area contributed by atoms with E-state index in [9.17, 15) is 0 Å². The van der Waals surface area contributed by atoms with Crippen molar-refractivity contribution < 1.29 is 30.4 Å². The van der Waals surface area contributed by atoms with Crippen LogP contribution in [-0.4, -0.2) is 14.1 Å². The fourth-order valence-corrected chi connectivity index (χ4v) is 6.99. The summed E-state index contributed by atoms with van der Waals surface area (Å²) in [6.45, 7) is 22.5. The molecule has 7 rings (SSSR count). The largest absolute Gasteiger partial charge is 0.504 e. The van der Waals surface area contributed by atoms with Crippen LogP contribution in [0.1, 0.15) is 103 Å². The van der Waals surface area contributed by atoms with E-state index in [0.717, 1.165) is 50.3 Å². The second kappa shape index (κ2) is 14.4. The molecular weight excluding hydrogens is 832 g/mol. The molecule has 276 valence electrons. The van der Waals surface area contributed by atoms with Gasteiger partial charge in [0.05, 0.1) is 34.9 Å². The Morgan fingerprint density at radius 1 is 0.679 bits per heavy atom. The molecule has 0 N–H and O–H groups in total. The summed E-state index contributed by atoms with van der Waals surface area (Å²) >= 11 is 0. The number of aryl methyl sites for hydroxylation is 1. The van der Waals surface area contributed by atoms with Crippen molar-refractivity contribution >= 4 is 22.1 Å². The monoisotopic (exact) mass is 881 g/mol. The zero-order valence-corrected chi connectivity index (χ0v) is 35.1. The van der Waals surface area contributed by atoms with Gasteiger partial charge in [0.15, 0.2) is 0 Å². The number of hydrogen-bond donors (Lipinski definition) is 0. The Balaban J connectivity index is 0.00000481. The van der Waals surface area contributed by atoms with Crippen LogP contribution in [0.3, 0.4) is 0 Å². The van der Waals surface area contributed by atoms with E-state index in [1.54, 1.807) is 0 Å². The average Bonchev–Trinajstić information content (AvgIpc) is 3.65. The summed E-state index contributed by atoms with van der Waals surface area (Å²) in [5.74, 6) is 2.75. The fraction of sp³-hybridized carbons (Fsp3) is 0.319. The van der Waals surface area contributed by atoms with Gasteiger partial charge in [0.2, 0.25) is 6.33 Å². The summed E-state index contributed by atoms with van der Waals surface area (Å²) < 4.78 is 13.3. The molecule has 0 aliphatic carbocycles. The number of rotatable bonds is 7. The van der Waals surface area contributed by atoms with Crippen LogP contribution in [0, 0.1) is 18.5 Å². The molecule has 0 unspecified atom stereocenters. The quantitative estimate of drug-likeness (QED) is 0.118. The maximum atomic E-state index is 6.85. The van der Waals surface area contributed by atoms with Crippen molar-refractivity contribution in [3.63, 3.8) is 0 Å². The van der Waals surface area contributed by atoms with Gasteiger partial charge in [0.25, 0.3) is 0 Å². The van der Waals surface area contributed by atoms with Gasteiger partial charge in [-0.1, -0.05) is 142 Å². The van der Waals surface area contributed by atoms with Crippen molar-refractivity contribution in [1.29, 1.82) is 0 Å². The van der Waals surface area contributed by atoms with Crippen LogP contribution < -0.4 is 9.30 Å². The number of para-hydroxylation sites is 5. The van der Waals surface area contributed by atoms with Gasteiger partial charge in [0.1, 0.15) is 0 Å². The third-order valence-electron chi connectivity index (χ3n) is 9.97. The third-order valence-corrected chi connectivity index (χ3v) is 9.97. The standard InChI is InChI=1S/C47H50N4O.Pt/c1-30(2)38-17-16-18-39(31(3)4)44(38)51-41-20-13-12-19-40(41)48-45(51)32-23-33(46(5,6)7)26-36(24-32)52-37-27-34(47(8,9)10)25-35(28-37)50-29-49(11)42-21-14-15-22-43(42)50;/h12-23,25-27,30-31H,1-11H3;/q-2;. The van der Waals surface area contributed by atoms with Crippen molar-refractivity contribution in [2.24, 2.45) is 7.05 Å². The van der Waals surface area contributed by atoms with Gasteiger partial charge in [-0.05, 0) is 45.9 Å². The molecule has 5 nitrogen and oxygen atoms in total. The van der Waals surface area contributed by atoms with E-state index < -0.39 is 0 Å². The van der Waals surface area contributed by atoms with Crippen LogP contribution in [-0.2, 0) is 38.9 Å². The summed E-state index contributed by atoms with van der Waals surface area (Å²) in [5, 5.41) is 0. The van der Waals surface area contributed by atoms with E-state index in [2.05, 4.69) is 188 Å². The van der Waals surface area contributed by atoms with Gasteiger partial charge in [-0.3, -0.25) is 4.98 Å². The molecule has 7 aromatic rings. The predicted octanol–water partition coefficient (Wildman–Crippen LogP) is 11.5. The Bertz CT molecular complexity index is 2410. The fourth-order valence-electron chi connectivity index (χ4n) is 6.99. The zero-order chi connectivity index (χ0) is 37.1. The number of benzene rings is 5. The Hall–Kier alpha value is -4.47. The summed E-state index contributed by atoms with van der Waals surface area (Å²) in [6, 6.07) is 39.4. The van der Waals surface area contributed by atoms with Crippen LogP contribution in [0.4, 0.5) is 0 Å². The van der Waals surface area contributed by atoms with Crippen molar-refractivity contribution in [3.05, 3.63) is 132 Å². The van der Waals surface area contributed by atoms with Crippen molar-refractivity contribution in [2.45, 2.75) is 91.9 Å². The Morgan fingerprint density at radius 2 is 1.25 bits per heavy atom. The normalized spacial score (nSPS) is 12.2. The molecule has 0 amide bonds. The molecule has 2 heterocycles. The van der Waals surface area contributed by atoms with Gasteiger partial charge < -0.3 is 18.4 Å². The molecule has 0 fully saturated rings. The molecule has 0 radical (unpaired) electrons. The van der Waals surface area contributed by atoms with E-state index in [1.807, 2.05) is 11.6 Å². The number of aromatic nitrogens is 4. The maximum absolute atomic E-state index is 6.85. The minimum Gasteiger partial charge on any atom is -0.504 e. The van der Waals surface area contributed by atoms with Crippen molar-refractivity contribution in [1.82, 2.24) is 14.1 Å². The SMILES string of the molecule is CC(C)c1cccc(C(C)C)c1-n1c(-c2[c-]c(Oc3[c-]c(-[n+]4[c-]n(C)c5ccccc54)cc(C(C)(C)C)c3)cc(C(C)(C)C)c2)nc2ccccc21.[Pt]. The van der Waals surface area contributed by atoms with Crippen LogP contribution in [0.2, 0.25) is 0 Å². The molecule has 0 aliphatic heterocycles. The first kappa shape index (κ1) is 38.3. The summed E-state index contributed by atoms with van der Waals surface area (Å²) in [7, 11) is 2.02. The van der Waals surface area contributed by atoms with Crippen LogP contribution in [0.25, 0.3) is 44.8 Å². The molecule has 5 aromatic carbocycles. The van der Waals surface area contributed by atoms with E-state index in [4.69, 9.17) is 9.72 Å². The minimum atomic E-state index is -0.159. The minimum absolute atomic E-state index is 0. The van der Waals surface area contributed by atoms with Crippen molar-refractivity contribution in [2.75, 3.05) is 0 Å². The number of nitrogens with zero attached hydrogens (tertiary/aromatic N) is 4. The molecular formula is C47H50N4OPt-2. The van der Waals surface area contributed by atoms with E-state index in [1.165, 1.54) is 16.8 Å². The number of hydrogen-bond acceptors (Lipinski definition) is 2. The molecule has 53 heavy (non-hydrogen) atoms. The van der Waals surface area contributed by atoms with Crippen LogP contribution in [0.15, 0.2) is 91.0 Å². The van der Waals surface area contributed by atoms with E-state index >= 15 is 0 Å². The molecule has 6 heteroatoms. The third kappa shape index (κ3) is 7.38. The Labute approximate surface area is 329 Å². The van der Waals surface area contributed by atoms with Crippen LogP contribution >= 0.6 is 0 Å². The van der Waals surface area contributed by atoms with Gasteiger partial charge in [-0.25, -0.2) is 0 Å². The molecule has 0 bridgehead atoms. The molecule has 0 aliphatic rings. The number of ether oxygens (including phenoxy) is 1. The predicted molar refractivity (Wildman–Crippen MR) is 213 cm³/mol. The molecule has 0 saturated carbocycles. The van der Waals surface area contributed by atoms with Gasteiger partial charge in [-0.15, -0.1) is 29.3 Å². The van der Waals surface area contributed by atoms with Crippen molar-refractivity contribution in [3.8, 4) is 34.3 Å². The Morgan fingerprint density at radius 3 is 1.87 bits per heavy atom. The Kier molecular flexibility index (Phi) is 10.4. The second-order valence-corrected chi connectivity index (χ2v) is 16.7. The van der Waals surface area contributed by atoms with Crippen LogP contribution in [0.5, 0.6) is 11.5 Å². The summed E-state index contributed by atoms with van der Waals surface area (Å²) in [4.78, 5) is 5.32. The molecule has 0 saturated heterocycles. The molecule has 0 atom stereocenters. The summed E-state index contributed by atoms with van der Waals surface area (Å²) in [6.07, 6.45) is 3.49. The number of imidazole rings is 2. The first-order valence-corrected chi connectivity index (χ1v) is 18.4. The first-order chi connectivity index (χ1) is 24.6. The summed E-state index contributed by atoms with van der Waals surface area (Å²) in [5.41, 5.74) is 11.7. The topological polar surface area (TPSA) is 35.9 Å². The van der Waals surface area contributed by atoms with Gasteiger partial charge in [-0.2, -0.15) is 11.6 Å². The zero-order valence-electron chi connectivity index (χ0n) is 32.8. The molecule has 0 spiro atoms. The molecule has 2 aromatic heterocycles. The second-order valence-electron chi connectivity index (χ2n) is 16.7. The number of fused-ring (bicyclic) bond motifs is 2. The van der Waals surface area contributed by atoms with E-state index in [0.29, 0.717) is 23.3 Å². The van der Waals surface area contributed by atoms with Gasteiger partial charge in [0, 0.05) is 38.3 Å². The smallest absolute Gasteiger partial charge is 0.242 e.